The van der Waals surface area contributed by atoms with E-state index >= 15 is 0 Å². The zero-order chi connectivity index (χ0) is 15.7. The Morgan fingerprint density at radius 1 is 0.864 bits per heavy atom. The van der Waals surface area contributed by atoms with Crippen molar-refractivity contribution in [2.24, 2.45) is 0 Å². The lowest BCUT2D eigenvalue weighted by Crippen LogP contribution is -2.16. The molecule has 3 aromatic rings. The third kappa shape index (κ3) is 3.11. The van der Waals surface area contributed by atoms with Gasteiger partial charge in [-0.15, -0.1) is 13.2 Å². The van der Waals surface area contributed by atoms with Crippen molar-refractivity contribution in [2.75, 3.05) is 5.73 Å². The fourth-order valence-electron chi connectivity index (χ4n) is 2.17. The SMILES string of the molecule is Nc1ccc2cc(-c3ccc(OC(F)(F)F)cc3)ccc2n1. The van der Waals surface area contributed by atoms with Crippen molar-refractivity contribution < 1.29 is 17.9 Å². The van der Waals surface area contributed by atoms with E-state index in [0.717, 1.165) is 22.0 Å². The smallest absolute Gasteiger partial charge is 0.406 e. The Balaban J connectivity index is 1.92. The summed E-state index contributed by atoms with van der Waals surface area (Å²) in [6.45, 7) is 0. The van der Waals surface area contributed by atoms with Gasteiger partial charge in [-0.1, -0.05) is 18.2 Å². The van der Waals surface area contributed by atoms with Gasteiger partial charge in [-0.2, -0.15) is 0 Å². The van der Waals surface area contributed by atoms with Crippen molar-refractivity contribution in [3.05, 3.63) is 54.6 Å². The molecule has 0 fully saturated rings. The maximum Gasteiger partial charge on any atom is 0.573 e. The van der Waals surface area contributed by atoms with E-state index in [9.17, 15) is 13.2 Å². The van der Waals surface area contributed by atoms with Gasteiger partial charge in [0, 0.05) is 5.39 Å². The second-order valence-corrected chi connectivity index (χ2v) is 4.72. The topological polar surface area (TPSA) is 48.1 Å². The lowest BCUT2D eigenvalue weighted by Gasteiger charge is -2.09. The highest BCUT2D eigenvalue weighted by molar-refractivity contribution is 5.85. The Morgan fingerprint density at radius 2 is 1.55 bits per heavy atom. The Morgan fingerprint density at radius 3 is 2.23 bits per heavy atom. The molecule has 22 heavy (non-hydrogen) atoms. The quantitative estimate of drug-likeness (QED) is 0.764. The second-order valence-electron chi connectivity index (χ2n) is 4.72. The summed E-state index contributed by atoms with van der Waals surface area (Å²) in [5.74, 6) is 0.195. The molecule has 0 aliphatic heterocycles. The number of ether oxygens (including phenoxy) is 1. The predicted octanol–water partition coefficient (Wildman–Crippen LogP) is 4.38. The summed E-state index contributed by atoms with van der Waals surface area (Å²) in [5.41, 5.74) is 8.05. The van der Waals surface area contributed by atoms with Crippen LogP contribution in [0.5, 0.6) is 5.75 Å². The van der Waals surface area contributed by atoms with E-state index in [0.29, 0.717) is 5.82 Å². The summed E-state index contributed by atoms with van der Waals surface area (Å²) < 4.78 is 40.2. The second kappa shape index (κ2) is 5.22. The van der Waals surface area contributed by atoms with Crippen LogP contribution in [-0.4, -0.2) is 11.3 Å². The van der Waals surface area contributed by atoms with E-state index in [-0.39, 0.29) is 5.75 Å². The molecule has 2 aromatic carbocycles. The average molecular weight is 304 g/mol. The maximum absolute atomic E-state index is 12.1. The minimum absolute atomic E-state index is 0.244. The number of rotatable bonds is 2. The molecule has 1 aromatic heterocycles. The van der Waals surface area contributed by atoms with Crippen LogP contribution in [0.15, 0.2) is 54.6 Å². The molecule has 3 rings (SSSR count). The fraction of sp³-hybridized carbons (Fsp3) is 0.0625. The summed E-state index contributed by atoms with van der Waals surface area (Å²) in [7, 11) is 0. The molecule has 0 saturated carbocycles. The van der Waals surface area contributed by atoms with Crippen molar-refractivity contribution in [1.82, 2.24) is 4.98 Å². The first-order chi connectivity index (χ1) is 10.4. The van der Waals surface area contributed by atoms with Crippen LogP contribution in [0.25, 0.3) is 22.0 Å². The molecule has 0 unspecified atom stereocenters. The molecule has 0 amide bonds. The Bertz CT molecular complexity index is 814. The van der Waals surface area contributed by atoms with E-state index in [1.165, 1.54) is 12.1 Å². The molecule has 6 heteroatoms. The summed E-state index contributed by atoms with van der Waals surface area (Å²) in [6.07, 6.45) is -4.68. The normalized spacial score (nSPS) is 11.6. The van der Waals surface area contributed by atoms with E-state index in [4.69, 9.17) is 5.73 Å². The molecular weight excluding hydrogens is 293 g/mol. The monoisotopic (exact) mass is 304 g/mol. The van der Waals surface area contributed by atoms with Crippen molar-refractivity contribution in [3.63, 3.8) is 0 Å². The molecule has 3 nitrogen and oxygen atoms in total. The van der Waals surface area contributed by atoms with E-state index in [1.807, 2.05) is 24.3 Å². The van der Waals surface area contributed by atoms with Gasteiger partial charge in [0.2, 0.25) is 0 Å². The van der Waals surface area contributed by atoms with Crippen LogP contribution >= 0.6 is 0 Å². The van der Waals surface area contributed by atoms with E-state index in [2.05, 4.69) is 9.72 Å². The number of halogens is 3. The Kier molecular flexibility index (Phi) is 3.36. The molecule has 1 heterocycles. The summed E-state index contributed by atoms with van der Waals surface area (Å²) in [4.78, 5) is 4.20. The van der Waals surface area contributed by atoms with Gasteiger partial charge in [0.15, 0.2) is 0 Å². The Labute approximate surface area is 124 Å². The largest absolute Gasteiger partial charge is 0.573 e. The van der Waals surface area contributed by atoms with Crippen LogP contribution in [0.2, 0.25) is 0 Å². The summed E-state index contributed by atoms with van der Waals surface area (Å²) in [6, 6.07) is 14.8. The van der Waals surface area contributed by atoms with Crippen LogP contribution < -0.4 is 10.5 Å². The number of benzene rings is 2. The van der Waals surface area contributed by atoms with Gasteiger partial charge in [0.05, 0.1) is 5.52 Å². The molecule has 0 aliphatic carbocycles. The van der Waals surface area contributed by atoms with Gasteiger partial charge in [0.25, 0.3) is 0 Å². The van der Waals surface area contributed by atoms with Crippen molar-refractivity contribution in [3.8, 4) is 16.9 Å². The molecule has 0 saturated heterocycles. The average Bonchev–Trinajstić information content (AvgIpc) is 2.46. The first-order valence-corrected chi connectivity index (χ1v) is 6.43. The third-order valence-corrected chi connectivity index (χ3v) is 3.13. The van der Waals surface area contributed by atoms with Gasteiger partial charge in [-0.3, -0.25) is 0 Å². The highest BCUT2D eigenvalue weighted by atomic mass is 19.4. The number of pyridine rings is 1. The third-order valence-electron chi connectivity index (χ3n) is 3.13. The number of nitrogens with two attached hydrogens (primary N) is 1. The number of alkyl halides is 3. The standard InChI is InChI=1S/C16H11F3N2O/c17-16(18,19)22-13-5-1-10(2-6-13)11-3-7-14-12(9-11)4-8-15(20)21-14/h1-9H,(H2,20,21). The molecule has 0 radical (unpaired) electrons. The molecule has 0 spiro atoms. The number of hydrogen-bond donors (Lipinski definition) is 1. The molecule has 112 valence electrons. The predicted molar refractivity (Wildman–Crippen MR) is 78.3 cm³/mol. The van der Waals surface area contributed by atoms with E-state index in [1.54, 1.807) is 18.2 Å². The van der Waals surface area contributed by atoms with Crippen LogP contribution in [0.4, 0.5) is 19.0 Å². The zero-order valence-electron chi connectivity index (χ0n) is 11.3. The first-order valence-electron chi connectivity index (χ1n) is 6.43. The fourth-order valence-corrected chi connectivity index (χ4v) is 2.17. The minimum atomic E-state index is -4.68. The summed E-state index contributed by atoms with van der Waals surface area (Å²) in [5, 5.41) is 0.905. The van der Waals surface area contributed by atoms with Crippen molar-refractivity contribution in [2.45, 2.75) is 6.36 Å². The number of anilines is 1. The van der Waals surface area contributed by atoms with Gasteiger partial charge < -0.3 is 10.5 Å². The molecule has 0 atom stereocenters. The van der Waals surface area contributed by atoms with Gasteiger partial charge >= 0.3 is 6.36 Å². The van der Waals surface area contributed by atoms with Crippen molar-refractivity contribution >= 4 is 16.7 Å². The van der Waals surface area contributed by atoms with Crippen LogP contribution in [0.1, 0.15) is 0 Å². The molecule has 0 bridgehead atoms. The van der Waals surface area contributed by atoms with Crippen LogP contribution in [0, 0.1) is 0 Å². The summed E-state index contributed by atoms with van der Waals surface area (Å²) >= 11 is 0. The van der Waals surface area contributed by atoms with E-state index < -0.39 is 6.36 Å². The molecule has 2 N–H and O–H groups in total. The van der Waals surface area contributed by atoms with Crippen LogP contribution in [0.3, 0.4) is 0 Å². The Hall–Kier alpha value is -2.76. The number of hydrogen-bond acceptors (Lipinski definition) is 3. The number of nitrogen functional groups attached to an aromatic ring is 1. The zero-order valence-corrected chi connectivity index (χ0v) is 11.3. The van der Waals surface area contributed by atoms with Crippen LogP contribution in [-0.2, 0) is 0 Å². The lowest BCUT2D eigenvalue weighted by atomic mass is 10.0. The lowest BCUT2D eigenvalue weighted by molar-refractivity contribution is -0.274. The first kappa shape index (κ1) is 14.2. The number of fused-ring (bicyclic) bond motifs is 1. The molecule has 0 aliphatic rings. The van der Waals surface area contributed by atoms with Gasteiger partial charge in [-0.05, 0) is 47.5 Å². The minimum Gasteiger partial charge on any atom is -0.406 e. The molecular formula is C16H11F3N2O. The highest BCUT2D eigenvalue weighted by Crippen LogP contribution is 2.28. The number of aromatic nitrogens is 1. The van der Waals surface area contributed by atoms with Gasteiger partial charge in [0.1, 0.15) is 11.6 Å². The van der Waals surface area contributed by atoms with Crippen molar-refractivity contribution in [1.29, 1.82) is 0 Å². The maximum atomic E-state index is 12.1. The van der Waals surface area contributed by atoms with Gasteiger partial charge in [-0.25, -0.2) is 4.98 Å². The number of nitrogens with zero attached hydrogens (tertiary/aromatic N) is 1. The highest BCUT2D eigenvalue weighted by Gasteiger charge is 2.30.